The highest BCUT2D eigenvalue weighted by Gasteiger charge is 2.16. The van der Waals surface area contributed by atoms with Crippen molar-refractivity contribution in [1.29, 1.82) is 0 Å². The van der Waals surface area contributed by atoms with Crippen LogP contribution in [0.25, 0.3) is 0 Å². The van der Waals surface area contributed by atoms with E-state index in [2.05, 4.69) is 17.6 Å². The van der Waals surface area contributed by atoms with E-state index >= 15 is 0 Å². The molecule has 3 heteroatoms. The molecule has 1 aliphatic rings. The number of aliphatic hydroxyl groups is 1. The summed E-state index contributed by atoms with van der Waals surface area (Å²) in [6, 6.07) is 1.04. The van der Waals surface area contributed by atoms with Crippen molar-refractivity contribution >= 4 is 0 Å². The molecule has 3 nitrogen and oxygen atoms in total. The zero-order valence-corrected chi connectivity index (χ0v) is 8.01. The molecule has 0 saturated carbocycles. The Kier molecular flexibility index (Phi) is 3.98. The van der Waals surface area contributed by atoms with Crippen LogP contribution in [0.2, 0.25) is 0 Å². The van der Waals surface area contributed by atoms with E-state index in [4.69, 9.17) is 5.11 Å². The van der Waals surface area contributed by atoms with Gasteiger partial charge in [-0.15, -0.1) is 0 Å². The number of aliphatic hydroxyl groups excluding tert-OH is 1. The summed E-state index contributed by atoms with van der Waals surface area (Å²) in [7, 11) is 0. The Labute approximate surface area is 74.5 Å². The summed E-state index contributed by atoms with van der Waals surface area (Å²) in [6.07, 6.45) is 1.86. The van der Waals surface area contributed by atoms with Crippen LogP contribution >= 0.6 is 0 Å². The fourth-order valence-corrected chi connectivity index (χ4v) is 1.78. The second-order valence-corrected chi connectivity index (χ2v) is 3.84. The Morgan fingerprint density at radius 1 is 1.58 bits per heavy atom. The van der Waals surface area contributed by atoms with Crippen molar-refractivity contribution in [1.82, 2.24) is 10.6 Å². The normalized spacial score (nSPS) is 28.8. The number of hydrogen-bond acceptors (Lipinski definition) is 3. The predicted molar refractivity (Wildman–Crippen MR) is 50.2 cm³/mol. The van der Waals surface area contributed by atoms with Crippen molar-refractivity contribution < 1.29 is 5.11 Å². The third kappa shape index (κ3) is 3.52. The molecule has 0 radical (unpaired) electrons. The zero-order chi connectivity index (χ0) is 8.97. The minimum atomic E-state index is -0.193. The van der Waals surface area contributed by atoms with Crippen LogP contribution < -0.4 is 10.6 Å². The second-order valence-electron chi connectivity index (χ2n) is 3.84. The van der Waals surface area contributed by atoms with Gasteiger partial charge in [0.05, 0.1) is 6.10 Å². The summed E-state index contributed by atoms with van der Waals surface area (Å²) in [5.41, 5.74) is 0. The molecule has 3 unspecified atom stereocenters. The Morgan fingerprint density at radius 3 is 2.83 bits per heavy atom. The van der Waals surface area contributed by atoms with Crippen LogP contribution in [-0.4, -0.2) is 36.4 Å². The highest BCUT2D eigenvalue weighted by Crippen LogP contribution is 2.02. The molecule has 3 N–H and O–H groups in total. The third-order valence-corrected chi connectivity index (χ3v) is 2.28. The van der Waals surface area contributed by atoms with Crippen molar-refractivity contribution in [3.8, 4) is 0 Å². The third-order valence-electron chi connectivity index (χ3n) is 2.28. The summed E-state index contributed by atoms with van der Waals surface area (Å²) in [5.74, 6) is 0. The molecule has 0 amide bonds. The maximum Gasteiger partial charge on any atom is 0.0526 e. The van der Waals surface area contributed by atoms with E-state index in [9.17, 15) is 0 Å². The topological polar surface area (TPSA) is 44.3 Å². The van der Waals surface area contributed by atoms with Gasteiger partial charge in [0.1, 0.15) is 0 Å². The molecule has 1 rings (SSSR count). The molecule has 0 aromatic carbocycles. The molecule has 1 fully saturated rings. The first kappa shape index (κ1) is 9.96. The van der Waals surface area contributed by atoms with E-state index in [1.54, 1.807) is 0 Å². The molecular weight excluding hydrogens is 152 g/mol. The van der Waals surface area contributed by atoms with Crippen molar-refractivity contribution in [2.24, 2.45) is 0 Å². The van der Waals surface area contributed by atoms with E-state index in [0.29, 0.717) is 12.1 Å². The van der Waals surface area contributed by atoms with E-state index in [1.807, 2.05) is 6.92 Å². The van der Waals surface area contributed by atoms with E-state index in [1.165, 1.54) is 6.42 Å². The lowest BCUT2D eigenvalue weighted by molar-refractivity contribution is 0.168. The molecular formula is C9H20N2O. The highest BCUT2D eigenvalue weighted by atomic mass is 16.3. The number of rotatable bonds is 4. The Morgan fingerprint density at radius 2 is 2.33 bits per heavy atom. The molecule has 1 saturated heterocycles. The predicted octanol–water partition coefficient (Wildman–Crippen LogP) is 0.0973. The number of nitrogens with one attached hydrogen (secondary N) is 2. The fraction of sp³-hybridized carbons (Fsp3) is 1.00. The summed E-state index contributed by atoms with van der Waals surface area (Å²) in [4.78, 5) is 0. The summed E-state index contributed by atoms with van der Waals surface area (Å²) in [6.45, 7) is 6.17. The van der Waals surface area contributed by atoms with Gasteiger partial charge in [0.15, 0.2) is 0 Å². The molecule has 0 aromatic heterocycles. The molecule has 1 aliphatic heterocycles. The molecule has 0 aliphatic carbocycles. The van der Waals surface area contributed by atoms with Crippen LogP contribution in [0.5, 0.6) is 0 Å². The van der Waals surface area contributed by atoms with Crippen LogP contribution in [0.4, 0.5) is 0 Å². The van der Waals surface area contributed by atoms with Crippen LogP contribution in [0.1, 0.15) is 26.7 Å². The van der Waals surface area contributed by atoms with Crippen molar-refractivity contribution in [2.75, 3.05) is 13.1 Å². The SMILES string of the molecule is CC(O)CC(C)NC1CCNC1. The van der Waals surface area contributed by atoms with Gasteiger partial charge >= 0.3 is 0 Å². The lowest BCUT2D eigenvalue weighted by atomic mass is 10.1. The average Bonchev–Trinajstić information content (AvgIpc) is 2.37. The second kappa shape index (κ2) is 4.80. The van der Waals surface area contributed by atoms with Crippen LogP contribution in [0.3, 0.4) is 0 Å². The van der Waals surface area contributed by atoms with Gasteiger partial charge in [-0.05, 0) is 33.2 Å². The Balaban J connectivity index is 2.11. The van der Waals surface area contributed by atoms with Gasteiger partial charge in [-0.1, -0.05) is 0 Å². The van der Waals surface area contributed by atoms with Gasteiger partial charge in [-0.2, -0.15) is 0 Å². The van der Waals surface area contributed by atoms with Gasteiger partial charge in [0.2, 0.25) is 0 Å². The van der Waals surface area contributed by atoms with Gasteiger partial charge < -0.3 is 15.7 Å². The largest absolute Gasteiger partial charge is 0.393 e. The molecule has 72 valence electrons. The monoisotopic (exact) mass is 172 g/mol. The van der Waals surface area contributed by atoms with Gasteiger partial charge in [0.25, 0.3) is 0 Å². The fourth-order valence-electron chi connectivity index (χ4n) is 1.78. The molecule has 1 heterocycles. The van der Waals surface area contributed by atoms with E-state index in [-0.39, 0.29) is 6.10 Å². The molecule has 3 atom stereocenters. The van der Waals surface area contributed by atoms with Crippen LogP contribution in [-0.2, 0) is 0 Å². The smallest absolute Gasteiger partial charge is 0.0526 e. The van der Waals surface area contributed by atoms with Gasteiger partial charge in [0, 0.05) is 18.6 Å². The highest BCUT2D eigenvalue weighted by molar-refractivity contribution is 4.80. The maximum absolute atomic E-state index is 9.14. The molecule has 0 spiro atoms. The summed E-state index contributed by atoms with van der Waals surface area (Å²) in [5, 5.41) is 15.9. The Bertz CT molecular complexity index is 122. The van der Waals surface area contributed by atoms with Gasteiger partial charge in [-0.3, -0.25) is 0 Å². The maximum atomic E-state index is 9.14. The minimum Gasteiger partial charge on any atom is -0.393 e. The van der Waals surface area contributed by atoms with E-state index in [0.717, 1.165) is 19.5 Å². The van der Waals surface area contributed by atoms with E-state index < -0.39 is 0 Å². The minimum absolute atomic E-state index is 0.193. The molecule has 0 aromatic rings. The first-order chi connectivity index (χ1) is 5.68. The standard InChI is InChI=1S/C9H20N2O/c1-7(5-8(2)12)11-9-3-4-10-6-9/h7-12H,3-6H2,1-2H3. The number of hydrogen-bond donors (Lipinski definition) is 3. The lowest BCUT2D eigenvalue weighted by Crippen LogP contribution is -2.39. The van der Waals surface area contributed by atoms with Crippen molar-refractivity contribution in [3.05, 3.63) is 0 Å². The lowest BCUT2D eigenvalue weighted by Gasteiger charge is -2.19. The first-order valence-electron chi connectivity index (χ1n) is 4.83. The Hall–Kier alpha value is -0.120. The summed E-state index contributed by atoms with van der Waals surface area (Å²) < 4.78 is 0. The van der Waals surface area contributed by atoms with Crippen LogP contribution in [0.15, 0.2) is 0 Å². The van der Waals surface area contributed by atoms with Crippen molar-refractivity contribution in [3.63, 3.8) is 0 Å². The van der Waals surface area contributed by atoms with Crippen molar-refractivity contribution in [2.45, 2.75) is 44.9 Å². The van der Waals surface area contributed by atoms with Crippen LogP contribution in [0, 0.1) is 0 Å². The average molecular weight is 172 g/mol. The van der Waals surface area contributed by atoms with Gasteiger partial charge in [-0.25, -0.2) is 0 Å². The quantitative estimate of drug-likeness (QED) is 0.563. The molecule has 12 heavy (non-hydrogen) atoms. The zero-order valence-electron chi connectivity index (χ0n) is 8.01. The summed E-state index contributed by atoms with van der Waals surface area (Å²) >= 11 is 0. The molecule has 0 bridgehead atoms. The first-order valence-corrected chi connectivity index (χ1v) is 4.83.